The Kier molecular flexibility index (Phi) is 5.19. The van der Waals surface area contributed by atoms with Gasteiger partial charge in [-0.2, -0.15) is 0 Å². The molecular formula is C15H24N2O2. The van der Waals surface area contributed by atoms with Gasteiger partial charge in [0.15, 0.2) is 0 Å². The van der Waals surface area contributed by atoms with Crippen LogP contribution in [0.2, 0.25) is 0 Å². The fraction of sp³-hybridized carbons (Fsp3) is 0.600. The number of ether oxygens (including phenoxy) is 2. The van der Waals surface area contributed by atoms with Crippen molar-refractivity contribution in [1.29, 1.82) is 0 Å². The van der Waals surface area contributed by atoms with Crippen LogP contribution in [0.5, 0.6) is 5.75 Å². The largest absolute Gasteiger partial charge is 0.494 e. The molecule has 0 spiro atoms. The van der Waals surface area contributed by atoms with Crippen molar-refractivity contribution in [2.24, 2.45) is 11.8 Å². The number of hydrazine groups is 1. The maximum absolute atomic E-state index is 5.71. The molecule has 1 aliphatic heterocycles. The molecule has 0 amide bonds. The van der Waals surface area contributed by atoms with E-state index in [0.29, 0.717) is 12.0 Å². The fourth-order valence-corrected chi connectivity index (χ4v) is 2.58. The first kappa shape index (κ1) is 14.3. The summed E-state index contributed by atoms with van der Waals surface area (Å²) in [6.45, 7) is 5.73. The van der Waals surface area contributed by atoms with Crippen molar-refractivity contribution in [1.82, 2.24) is 5.43 Å². The first-order chi connectivity index (χ1) is 9.24. The van der Waals surface area contributed by atoms with Crippen LogP contribution in [0.4, 0.5) is 0 Å². The summed E-state index contributed by atoms with van der Waals surface area (Å²) in [5.41, 5.74) is 4.11. The first-order valence-electron chi connectivity index (χ1n) is 7.05. The van der Waals surface area contributed by atoms with Crippen LogP contribution in [0, 0.1) is 5.92 Å². The number of hydrogen-bond acceptors (Lipinski definition) is 4. The Balaban J connectivity index is 2.02. The van der Waals surface area contributed by atoms with Gasteiger partial charge in [-0.1, -0.05) is 19.1 Å². The van der Waals surface area contributed by atoms with E-state index in [9.17, 15) is 0 Å². The molecule has 0 saturated carbocycles. The highest BCUT2D eigenvalue weighted by Crippen LogP contribution is 2.31. The molecule has 3 N–H and O–H groups in total. The molecule has 0 radical (unpaired) electrons. The monoisotopic (exact) mass is 264 g/mol. The maximum atomic E-state index is 5.71. The second-order valence-electron chi connectivity index (χ2n) is 5.20. The summed E-state index contributed by atoms with van der Waals surface area (Å²) in [7, 11) is 0. The number of nitrogens with two attached hydrogens (primary N) is 1. The molecule has 1 aromatic carbocycles. The lowest BCUT2D eigenvalue weighted by atomic mass is 9.91. The molecule has 4 heteroatoms. The Morgan fingerprint density at radius 3 is 2.68 bits per heavy atom. The quantitative estimate of drug-likeness (QED) is 0.612. The molecule has 106 valence electrons. The summed E-state index contributed by atoms with van der Waals surface area (Å²) in [6, 6.07) is 8.32. The molecule has 0 aromatic heterocycles. The summed E-state index contributed by atoms with van der Waals surface area (Å²) in [5, 5.41) is 0. The zero-order valence-electron chi connectivity index (χ0n) is 11.8. The normalized spacial score (nSPS) is 24.4. The summed E-state index contributed by atoms with van der Waals surface area (Å²) in [5.74, 6) is 7.06. The van der Waals surface area contributed by atoms with Crippen LogP contribution in [0.15, 0.2) is 24.3 Å². The van der Waals surface area contributed by atoms with Gasteiger partial charge in [-0.15, -0.1) is 0 Å². The molecule has 1 fully saturated rings. The number of benzene rings is 1. The molecule has 1 heterocycles. The number of nitrogens with one attached hydrogen (secondary N) is 1. The topological polar surface area (TPSA) is 56.5 Å². The highest BCUT2D eigenvalue weighted by molar-refractivity contribution is 5.29. The van der Waals surface area contributed by atoms with Gasteiger partial charge in [-0.05, 0) is 37.5 Å². The molecule has 4 nitrogen and oxygen atoms in total. The van der Waals surface area contributed by atoms with Crippen LogP contribution in [-0.2, 0) is 4.74 Å². The van der Waals surface area contributed by atoms with E-state index in [1.54, 1.807) is 0 Å². The smallest absolute Gasteiger partial charge is 0.119 e. The van der Waals surface area contributed by atoms with E-state index in [2.05, 4.69) is 31.4 Å². The molecular weight excluding hydrogens is 240 g/mol. The minimum atomic E-state index is 0.144. The van der Waals surface area contributed by atoms with Crippen molar-refractivity contribution < 1.29 is 9.47 Å². The zero-order chi connectivity index (χ0) is 13.7. The lowest BCUT2D eigenvalue weighted by Crippen LogP contribution is -2.33. The Bertz CT molecular complexity index is 380. The molecule has 0 aliphatic carbocycles. The van der Waals surface area contributed by atoms with Gasteiger partial charge in [0.1, 0.15) is 5.75 Å². The minimum Gasteiger partial charge on any atom is -0.494 e. The van der Waals surface area contributed by atoms with E-state index in [1.165, 1.54) is 5.56 Å². The Hall–Kier alpha value is -1.10. The predicted molar refractivity (Wildman–Crippen MR) is 75.8 cm³/mol. The van der Waals surface area contributed by atoms with E-state index >= 15 is 0 Å². The van der Waals surface area contributed by atoms with Gasteiger partial charge in [-0.25, -0.2) is 0 Å². The van der Waals surface area contributed by atoms with Crippen molar-refractivity contribution in [3.8, 4) is 5.75 Å². The molecule has 19 heavy (non-hydrogen) atoms. The van der Waals surface area contributed by atoms with E-state index < -0.39 is 0 Å². The summed E-state index contributed by atoms with van der Waals surface area (Å²) >= 11 is 0. The summed E-state index contributed by atoms with van der Waals surface area (Å²) in [4.78, 5) is 0. The van der Waals surface area contributed by atoms with Gasteiger partial charge in [-0.3, -0.25) is 11.3 Å². The zero-order valence-corrected chi connectivity index (χ0v) is 11.8. The lowest BCUT2D eigenvalue weighted by molar-refractivity contribution is 0.117. The average molecular weight is 264 g/mol. The third-order valence-electron chi connectivity index (χ3n) is 3.59. The number of hydrogen-bond donors (Lipinski definition) is 2. The van der Waals surface area contributed by atoms with E-state index in [4.69, 9.17) is 15.3 Å². The highest BCUT2D eigenvalue weighted by atomic mass is 16.5. The van der Waals surface area contributed by atoms with Crippen molar-refractivity contribution in [2.45, 2.75) is 38.8 Å². The fourth-order valence-electron chi connectivity index (χ4n) is 2.58. The Morgan fingerprint density at radius 1 is 1.42 bits per heavy atom. The molecule has 0 bridgehead atoms. The summed E-state index contributed by atoms with van der Waals surface area (Å²) < 4.78 is 11.2. The average Bonchev–Trinajstić information content (AvgIpc) is 2.85. The second-order valence-corrected chi connectivity index (χ2v) is 5.20. The SMILES string of the molecule is CCCOc1ccc(C(NN)C2COC(C)C2)cc1. The van der Waals surface area contributed by atoms with E-state index in [1.807, 2.05) is 12.1 Å². The van der Waals surface area contributed by atoms with Crippen LogP contribution in [0.1, 0.15) is 38.3 Å². The molecule has 3 atom stereocenters. The van der Waals surface area contributed by atoms with Gasteiger partial charge in [0, 0.05) is 5.92 Å². The Morgan fingerprint density at radius 2 is 2.16 bits per heavy atom. The van der Waals surface area contributed by atoms with Crippen LogP contribution in [-0.4, -0.2) is 19.3 Å². The van der Waals surface area contributed by atoms with Crippen LogP contribution >= 0.6 is 0 Å². The third kappa shape index (κ3) is 3.69. The van der Waals surface area contributed by atoms with Crippen molar-refractivity contribution in [2.75, 3.05) is 13.2 Å². The van der Waals surface area contributed by atoms with Gasteiger partial charge in [0.25, 0.3) is 0 Å². The predicted octanol–water partition coefficient (Wildman–Crippen LogP) is 2.40. The van der Waals surface area contributed by atoms with Crippen molar-refractivity contribution in [3.63, 3.8) is 0 Å². The Labute approximate surface area is 115 Å². The number of rotatable bonds is 6. The first-order valence-corrected chi connectivity index (χ1v) is 7.05. The second kappa shape index (κ2) is 6.89. The van der Waals surface area contributed by atoms with E-state index in [-0.39, 0.29) is 6.04 Å². The minimum absolute atomic E-state index is 0.144. The highest BCUT2D eigenvalue weighted by Gasteiger charge is 2.29. The standard InChI is InChI=1S/C15H24N2O2/c1-3-8-18-14-6-4-12(5-7-14)15(17-16)13-9-11(2)19-10-13/h4-7,11,13,15,17H,3,8-10,16H2,1-2H3. The third-order valence-corrected chi connectivity index (χ3v) is 3.59. The van der Waals surface area contributed by atoms with Crippen LogP contribution in [0.25, 0.3) is 0 Å². The maximum Gasteiger partial charge on any atom is 0.119 e. The molecule has 3 unspecified atom stereocenters. The van der Waals surface area contributed by atoms with Gasteiger partial charge in [0.05, 0.1) is 25.4 Å². The molecule has 1 saturated heterocycles. The van der Waals surface area contributed by atoms with Gasteiger partial charge in [0.2, 0.25) is 0 Å². The van der Waals surface area contributed by atoms with Crippen molar-refractivity contribution in [3.05, 3.63) is 29.8 Å². The lowest BCUT2D eigenvalue weighted by Gasteiger charge is -2.22. The van der Waals surface area contributed by atoms with Gasteiger partial charge < -0.3 is 9.47 Å². The van der Waals surface area contributed by atoms with Gasteiger partial charge >= 0.3 is 0 Å². The molecule has 1 aliphatic rings. The molecule has 1 aromatic rings. The molecule has 2 rings (SSSR count). The summed E-state index contributed by atoms with van der Waals surface area (Å²) in [6.07, 6.45) is 2.39. The van der Waals surface area contributed by atoms with Crippen LogP contribution in [0.3, 0.4) is 0 Å². The van der Waals surface area contributed by atoms with Crippen molar-refractivity contribution >= 4 is 0 Å². The van der Waals surface area contributed by atoms with Crippen LogP contribution < -0.4 is 16.0 Å². The van der Waals surface area contributed by atoms with E-state index in [0.717, 1.165) is 31.8 Å².